The van der Waals surface area contributed by atoms with Crippen LogP contribution in [0.2, 0.25) is 0 Å². The minimum atomic E-state index is -4.34. The molecule has 28 heavy (non-hydrogen) atoms. The molecular formula is C16H20N4O6S2. The predicted octanol–water partition coefficient (Wildman–Crippen LogP) is 0.416. The third-order valence-corrected chi connectivity index (χ3v) is 6.12. The quantitative estimate of drug-likeness (QED) is 0.696. The number of rotatable bonds is 6. The summed E-state index contributed by atoms with van der Waals surface area (Å²) in [7, 11) is -7.96. The Morgan fingerprint density at radius 1 is 1.11 bits per heavy atom. The van der Waals surface area contributed by atoms with Crippen molar-refractivity contribution in [2.45, 2.75) is 37.1 Å². The van der Waals surface area contributed by atoms with E-state index in [1.807, 2.05) is 0 Å². The summed E-state index contributed by atoms with van der Waals surface area (Å²) in [5, 5.41) is 7.23. The summed E-state index contributed by atoms with van der Waals surface area (Å²) in [6, 6.07) is 4.60. The number of Topliss-reactive ketones (excluding diaryl/α,β-unsaturated/α-hetero) is 1. The van der Waals surface area contributed by atoms with Crippen LogP contribution in [0.5, 0.6) is 0 Å². The fourth-order valence-electron chi connectivity index (χ4n) is 1.97. The van der Waals surface area contributed by atoms with Gasteiger partial charge in [0.25, 0.3) is 15.9 Å². The van der Waals surface area contributed by atoms with Crippen molar-refractivity contribution in [2.24, 2.45) is 5.41 Å². The number of ketones is 1. The minimum Gasteiger partial charge on any atom is -0.297 e. The van der Waals surface area contributed by atoms with Crippen molar-refractivity contribution in [1.82, 2.24) is 19.7 Å². The Hall–Kier alpha value is -2.60. The van der Waals surface area contributed by atoms with Crippen LogP contribution in [0.1, 0.15) is 31.3 Å². The van der Waals surface area contributed by atoms with Crippen LogP contribution in [0.3, 0.4) is 0 Å². The van der Waals surface area contributed by atoms with Gasteiger partial charge in [-0.25, -0.2) is 26.2 Å². The van der Waals surface area contributed by atoms with Crippen molar-refractivity contribution >= 4 is 31.6 Å². The predicted molar refractivity (Wildman–Crippen MR) is 98.7 cm³/mol. The maximum atomic E-state index is 12.4. The summed E-state index contributed by atoms with van der Waals surface area (Å²) in [5.41, 5.74) is -0.910. The third kappa shape index (κ3) is 5.23. The Morgan fingerprint density at radius 3 is 2.29 bits per heavy atom. The zero-order valence-corrected chi connectivity index (χ0v) is 17.3. The summed E-state index contributed by atoms with van der Waals surface area (Å²) >= 11 is 0. The molecule has 0 spiro atoms. The summed E-state index contributed by atoms with van der Waals surface area (Å²) in [6.45, 7) is 5.08. The number of sulfonamides is 1. The molecule has 0 saturated heterocycles. The first kappa shape index (κ1) is 21.7. The Balaban J connectivity index is 2.20. The molecule has 0 aliphatic rings. The molecule has 1 aromatic heterocycles. The van der Waals surface area contributed by atoms with Crippen molar-refractivity contribution in [3.8, 4) is 0 Å². The number of carbonyl (C=O) groups excluding carboxylic acids is 2. The standard InChI is InChI=1S/C16H20N4O6S2/c1-16(2,3)14(21)10-20-9-13(17-19-20)15(22)18-28(25,26)12-7-5-6-11(8-12)27(4,23)24/h5-9H,10H2,1-4H3,(H,18,22). The number of amides is 1. The van der Waals surface area contributed by atoms with Crippen molar-refractivity contribution in [3.05, 3.63) is 36.2 Å². The summed E-state index contributed by atoms with van der Waals surface area (Å²) in [4.78, 5) is 23.6. The van der Waals surface area contributed by atoms with Crippen LogP contribution in [0.15, 0.2) is 40.3 Å². The van der Waals surface area contributed by atoms with Gasteiger partial charge in [-0.3, -0.25) is 9.59 Å². The van der Waals surface area contributed by atoms with Gasteiger partial charge in [0.05, 0.1) is 16.0 Å². The number of sulfone groups is 1. The Labute approximate surface area is 162 Å². The number of hydrogen-bond donors (Lipinski definition) is 1. The SMILES string of the molecule is CC(C)(C)C(=O)Cn1cc(C(=O)NS(=O)(=O)c2cccc(S(C)(=O)=O)c2)nn1. The molecule has 10 nitrogen and oxygen atoms in total. The molecule has 0 aliphatic heterocycles. The summed E-state index contributed by atoms with van der Waals surface area (Å²) < 4.78 is 50.9. The molecule has 2 aromatic rings. The normalized spacial score (nSPS) is 12.6. The zero-order chi connectivity index (χ0) is 21.3. The lowest BCUT2D eigenvalue weighted by molar-refractivity contribution is -0.127. The Morgan fingerprint density at radius 2 is 1.71 bits per heavy atom. The molecule has 0 aliphatic carbocycles. The second-order valence-electron chi connectivity index (χ2n) is 7.16. The summed E-state index contributed by atoms with van der Waals surface area (Å²) in [5.74, 6) is -1.20. The second kappa shape index (κ2) is 7.43. The molecule has 1 heterocycles. The number of nitrogens with zero attached hydrogens (tertiary/aromatic N) is 3. The van der Waals surface area contributed by atoms with E-state index in [-0.39, 0.29) is 27.8 Å². The van der Waals surface area contributed by atoms with Gasteiger partial charge in [-0.1, -0.05) is 32.1 Å². The molecule has 152 valence electrons. The number of hydrogen-bond acceptors (Lipinski definition) is 8. The fraction of sp³-hybridized carbons (Fsp3) is 0.375. The number of benzene rings is 1. The Bertz CT molecular complexity index is 1130. The first-order chi connectivity index (χ1) is 12.7. The lowest BCUT2D eigenvalue weighted by atomic mass is 9.91. The van der Waals surface area contributed by atoms with Crippen molar-refractivity contribution in [3.63, 3.8) is 0 Å². The first-order valence-electron chi connectivity index (χ1n) is 8.01. The van der Waals surface area contributed by atoms with Gasteiger partial charge in [-0.15, -0.1) is 5.10 Å². The second-order valence-corrected chi connectivity index (χ2v) is 10.9. The van der Waals surface area contributed by atoms with Gasteiger partial charge >= 0.3 is 0 Å². The van der Waals surface area contributed by atoms with E-state index in [9.17, 15) is 26.4 Å². The average Bonchev–Trinajstić information content (AvgIpc) is 3.01. The lowest BCUT2D eigenvalue weighted by Crippen LogP contribution is -2.31. The monoisotopic (exact) mass is 428 g/mol. The number of aromatic nitrogens is 3. The van der Waals surface area contributed by atoms with Gasteiger partial charge in [0, 0.05) is 11.7 Å². The highest BCUT2D eigenvalue weighted by Gasteiger charge is 2.24. The topological polar surface area (TPSA) is 145 Å². The molecule has 0 saturated carbocycles. The third-order valence-electron chi connectivity index (χ3n) is 3.68. The van der Waals surface area contributed by atoms with Gasteiger partial charge in [0.1, 0.15) is 6.54 Å². The van der Waals surface area contributed by atoms with Crippen LogP contribution in [-0.4, -0.2) is 49.8 Å². The van der Waals surface area contributed by atoms with Crippen LogP contribution in [0, 0.1) is 5.41 Å². The highest BCUT2D eigenvalue weighted by molar-refractivity contribution is 7.91. The van der Waals surface area contributed by atoms with Gasteiger partial charge in [0.2, 0.25) is 0 Å². The van der Waals surface area contributed by atoms with E-state index in [2.05, 4.69) is 10.3 Å². The molecule has 1 N–H and O–H groups in total. The molecule has 1 aromatic carbocycles. The van der Waals surface area contributed by atoms with E-state index in [1.165, 1.54) is 12.1 Å². The van der Waals surface area contributed by atoms with E-state index in [0.717, 1.165) is 29.3 Å². The number of nitrogens with one attached hydrogen (secondary N) is 1. The van der Waals surface area contributed by atoms with E-state index in [4.69, 9.17) is 0 Å². The molecule has 0 radical (unpaired) electrons. The smallest absolute Gasteiger partial charge is 0.287 e. The van der Waals surface area contributed by atoms with E-state index in [1.54, 1.807) is 25.5 Å². The molecule has 2 rings (SSSR count). The van der Waals surface area contributed by atoms with Gasteiger partial charge < -0.3 is 0 Å². The van der Waals surface area contributed by atoms with Crippen LogP contribution >= 0.6 is 0 Å². The van der Waals surface area contributed by atoms with Gasteiger partial charge in [-0.2, -0.15) is 0 Å². The largest absolute Gasteiger partial charge is 0.297 e. The van der Waals surface area contributed by atoms with Crippen LogP contribution < -0.4 is 4.72 Å². The maximum Gasteiger partial charge on any atom is 0.287 e. The van der Waals surface area contributed by atoms with E-state index in [0.29, 0.717) is 0 Å². The lowest BCUT2D eigenvalue weighted by Gasteiger charge is -2.15. The average molecular weight is 428 g/mol. The molecule has 1 amide bonds. The summed E-state index contributed by atoms with van der Waals surface area (Å²) in [6.07, 6.45) is 2.09. The van der Waals surface area contributed by atoms with Crippen molar-refractivity contribution in [2.75, 3.05) is 6.26 Å². The van der Waals surface area contributed by atoms with Crippen LogP contribution in [0.25, 0.3) is 0 Å². The van der Waals surface area contributed by atoms with Crippen molar-refractivity contribution in [1.29, 1.82) is 0 Å². The maximum absolute atomic E-state index is 12.4. The molecule has 0 atom stereocenters. The molecule has 0 fully saturated rings. The van der Waals surface area contributed by atoms with Gasteiger partial charge in [0.15, 0.2) is 21.3 Å². The van der Waals surface area contributed by atoms with E-state index >= 15 is 0 Å². The van der Waals surface area contributed by atoms with E-state index < -0.39 is 31.2 Å². The first-order valence-corrected chi connectivity index (χ1v) is 11.4. The Kier molecular flexibility index (Phi) is 5.76. The molecule has 0 bridgehead atoms. The van der Waals surface area contributed by atoms with Crippen LogP contribution in [0.4, 0.5) is 0 Å². The van der Waals surface area contributed by atoms with Gasteiger partial charge in [-0.05, 0) is 18.2 Å². The van der Waals surface area contributed by atoms with Crippen LogP contribution in [-0.2, 0) is 31.2 Å². The fourth-order valence-corrected chi connectivity index (χ4v) is 3.72. The number of carbonyl (C=O) groups is 2. The highest BCUT2D eigenvalue weighted by Crippen LogP contribution is 2.17. The molecule has 12 heteroatoms. The highest BCUT2D eigenvalue weighted by atomic mass is 32.2. The minimum absolute atomic E-state index is 0.118. The van der Waals surface area contributed by atoms with Crippen molar-refractivity contribution < 1.29 is 26.4 Å². The molecular weight excluding hydrogens is 408 g/mol. The zero-order valence-electron chi connectivity index (χ0n) is 15.7. The molecule has 0 unspecified atom stereocenters.